The summed E-state index contributed by atoms with van der Waals surface area (Å²) < 4.78 is 12.6. The lowest BCUT2D eigenvalue weighted by atomic mass is 10.1. The summed E-state index contributed by atoms with van der Waals surface area (Å²) in [6.45, 7) is 1.65. The molecule has 0 amide bonds. The molecule has 0 saturated heterocycles. The highest BCUT2D eigenvalue weighted by molar-refractivity contribution is 6.31. The average Bonchev–Trinajstić information content (AvgIpc) is 1.85. The third-order valence-corrected chi connectivity index (χ3v) is 1.66. The molecule has 11 heavy (non-hydrogen) atoms. The van der Waals surface area contributed by atoms with Crippen LogP contribution in [-0.2, 0) is 0 Å². The van der Waals surface area contributed by atoms with Crippen LogP contribution in [0.25, 0.3) is 0 Å². The van der Waals surface area contributed by atoms with Crippen molar-refractivity contribution in [1.29, 1.82) is 5.26 Å². The summed E-state index contributed by atoms with van der Waals surface area (Å²) in [4.78, 5) is 0. The maximum Gasteiger partial charge on any atom is 0.125 e. The molecule has 1 rings (SSSR count). The number of aryl methyl sites for hydroxylation is 1. The quantitative estimate of drug-likeness (QED) is 0.586. The van der Waals surface area contributed by atoms with Gasteiger partial charge in [0, 0.05) is 0 Å². The zero-order valence-electron chi connectivity index (χ0n) is 5.86. The molecule has 0 unspecified atom stereocenters. The number of halogens is 2. The molecule has 0 saturated carbocycles. The van der Waals surface area contributed by atoms with Gasteiger partial charge in [-0.2, -0.15) is 5.26 Å². The van der Waals surface area contributed by atoms with E-state index >= 15 is 0 Å². The smallest absolute Gasteiger partial charge is 0.125 e. The van der Waals surface area contributed by atoms with Crippen LogP contribution in [0.3, 0.4) is 0 Å². The first-order valence-corrected chi connectivity index (χ1v) is 3.38. The lowest BCUT2D eigenvalue weighted by molar-refractivity contribution is 0.626. The second kappa shape index (κ2) is 2.89. The molecule has 56 valence electrons. The van der Waals surface area contributed by atoms with Crippen molar-refractivity contribution in [2.75, 3.05) is 0 Å². The molecule has 1 aromatic carbocycles. The third kappa shape index (κ3) is 1.50. The zero-order chi connectivity index (χ0) is 8.43. The molecule has 0 aliphatic carbocycles. The minimum Gasteiger partial charge on any atom is -0.207 e. The standard InChI is InChI=1S/C8H5ClFN/c1-5-2-6(10)3-8(9)7(5)4-11/h2-3H,1H3. The Morgan fingerprint density at radius 1 is 1.55 bits per heavy atom. The Kier molecular flexibility index (Phi) is 2.11. The van der Waals surface area contributed by atoms with Crippen molar-refractivity contribution in [3.63, 3.8) is 0 Å². The fourth-order valence-electron chi connectivity index (χ4n) is 0.844. The van der Waals surface area contributed by atoms with Crippen molar-refractivity contribution < 1.29 is 4.39 Å². The van der Waals surface area contributed by atoms with Gasteiger partial charge < -0.3 is 0 Å². The van der Waals surface area contributed by atoms with Crippen LogP contribution in [-0.4, -0.2) is 0 Å². The Balaban J connectivity index is 3.40. The monoisotopic (exact) mass is 169 g/mol. The van der Waals surface area contributed by atoms with Gasteiger partial charge in [-0.15, -0.1) is 0 Å². The molecule has 1 aromatic rings. The van der Waals surface area contributed by atoms with Gasteiger partial charge in [0.15, 0.2) is 0 Å². The Morgan fingerprint density at radius 3 is 2.64 bits per heavy atom. The summed E-state index contributed by atoms with van der Waals surface area (Å²) in [6.07, 6.45) is 0. The molecule has 1 nitrogen and oxygen atoms in total. The van der Waals surface area contributed by atoms with Crippen molar-refractivity contribution in [3.05, 3.63) is 34.1 Å². The van der Waals surface area contributed by atoms with Crippen LogP contribution in [0.2, 0.25) is 5.02 Å². The van der Waals surface area contributed by atoms with E-state index in [1.165, 1.54) is 6.07 Å². The van der Waals surface area contributed by atoms with E-state index in [-0.39, 0.29) is 5.02 Å². The second-order valence-electron chi connectivity index (χ2n) is 2.19. The number of hydrogen-bond donors (Lipinski definition) is 0. The summed E-state index contributed by atoms with van der Waals surface area (Å²) in [5.41, 5.74) is 0.908. The first kappa shape index (κ1) is 8.03. The summed E-state index contributed by atoms with van der Waals surface area (Å²) >= 11 is 5.57. The van der Waals surface area contributed by atoms with Crippen LogP contribution in [0.15, 0.2) is 12.1 Å². The first-order valence-electron chi connectivity index (χ1n) is 3.01. The summed E-state index contributed by atoms with van der Waals surface area (Å²) in [5.74, 6) is -0.411. The fourth-order valence-corrected chi connectivity index (χ4v) is 1.14. The van der Waals surface area contributed by atoms with Crippen molar-refractivity contribution in [3.8, 4) is 6.07 Å². The van der Waals surface area contributed by atoms with Crippen LogP contribution >= 0.6 is 11.6 Å². The van der Waals surface area contributed by atoms with Crippen molar-refractivity contribution in [2.45, 2.75) is 6.92 Å². The lowest BCUT2D eigenvalue weighted by Gasteiger charge is -1.98. The molecule has 0 atom stereocenters. The first-order chi connectivity index (χ1) is 5.15. The van der Waals surface area contributed by atoms with Crippen LogP contribution < -0.4 is 0 Å². The van der Waals surface area contributed by atoms with E-state index in [0.717, 1.165) is 6.07 Å². The molecule has 0 spiro atoms. The molecule has 0 bridgehead atoms. The SMILES string of the molecule is Cc1cc(F)cc(Cl)c1C#N. The average molecular weight is 170 g/mol. The fraction of sp³-hybridized carbons (Fsp3) is 0.125. The van der Waals surface area contributed by atoms with E-state index in [1.54, 1.807) is 6.92 Å². The van der Waals surface area contributed by atoms with E-state index in [9.17, 15) is 4.39 Å². The van der Waals surface area contributed by atoms with Gasteiger partial charge in [-0.1, -0.05) is 11.6 Å². The largest absolute Gasteiger partial charge is 0.207 e. The zero-order valence-corrected chi connectivity index (χ0v) is 6.61. The molecular formula is C8H5ClFN. The molecule has 0 aromatic heterocycles. The predicted molar refractivity (Wildman–Crippen MR) is 40.9 cm³/mol. The van der Waals surface area contributed by atoms with Crippen LogP contribution in [0.1, 0.15) is 11.1 Å². The number of rotatable bonds is 0. The Labute approximate surface area is 69.0 Å². The van der Waals surface area contributed by atoms with E-state index < -0.39 is 5.82 Å². The normalized spacial score (nSPS) is 9.27. The summed E-state index contributed by atoms with van der Waals surface area (Å²) in [6, 6.07) is 4.31. The Morgan fingerprint density at radius 2 is 2.18 bits per heavy atom. The third-order valence-electron chi connectivity index (χ3n) is 1.36. The molecule has 0 fully saturated rings. The maximum absolute atomic E-state index is 12.6. The second-order valence-corrected chi connectivity index (χ2v) is 2.60. The minimum absolute atomic E-state index is 0.171. The highest BCUT2D eigenvalue weighted by Crippen LogP contribution is 2.19. The van der Waals surface area contributed by atoms with Gasteiger partial charge in [0.1, 0.15) is 11.9 Å². The number of hydrogen-bond acceptors (Lipinski definition) is 1. The van der Waals surface area contributed by atoms with Gasteiger partial charge in [0.25, 0.3) is 0 Å². The van der Waals surface area contributed by atoms with Gasteiger partial charge in [-0.3, -0.25) is 0 Å². The predicted octanol–water partition coefficient (Wildman–Crippen LogP) is 2.66. The maximum atomic E-state index is 12.6. The molecular weight excluding hydrogens is 165 g/mol. The van der Waals surface area contributed by atoms with Gasteiger partial charge in [-0.05, 0) is 24.6 Å². The van der Waals surface area contributed by atoms with Crippen LogP contribution in [0, 0.1) is 24.1 Å². The molecule has 0 aliphatic rings. The van der Waals surface area contributed by atoms with Crippen molar-refractivity contribution in [2.24, 2.45) is 0 Å². The Hall–Kier alpha value is -1.07. The number of nitriles is 1. The van der Waals surface area contributed by atoms with E-state index in [0.29, 0.717) is 11.1 Å². The lowest BCUT2D eigenvalue weighted by Crippen LogP contribution is -1.85. The Bertz CT molecular complexity index is 304. The number of nitrogens with zero attached hydrogens (tertiary/aromatic N) is 1. The van der Waals surface area contributed by atoms with Crippen molar-refractivity contribution >= 4 is 11.6 Å². The summed E-state index contributed by atoms with van der Waals surface area (Å²) in [5, 5.41) is 8.70. The highest BCUT2D eigenvalue weighted by Gasteiger charge is 2.04. The van der Waals surface area contributed by atoms with E-state index in [1.807, 2.05) is 6.07 Å². The van der Waals surface area contributed by atoms with E-state index in [4.69, 9.17) is 16.9 Å². The minimum atomic E-state index is -0.411. The molecule has 3 heteroatoms. The molecule has 0 radical (unpaired) electrons. The van der Waals surface area contributed by atoms with Crippen LogP contribution in [0.5, 0.6) is 0 Å². The molecule has 0 heterocycles. The van der Waals surface area contributed by atoms with Gasteiger partial charge >= 0.3 is 0 Å². The topological polar surface area (TPSA) is 23.8 Å². The number of benzene rings is 1. The molecule has 0 N–H and O–H groups in total. The summed E-state index contributed by atoms with van der Waals surface area (Å²) in [7, 11) is 0. The van der Waals surface area contributed by atoms with Gasteiger partial charge in [0.2, 0.25) is 0 Å². The van der Waals surface area contributed by atoms with E-state index in [2.05, 4.69) is 0 Å². The van der Waals surface area contributed by atoms with Crippen molar-refractivity contribution in [1.82, 2.24) is 0 Å². The van der Waals surface area contributed by atoms with Gasteiger partial charge in [-0.25, -0.2) is 4.39 Å². The molecule has 0 aliphatic heterocycles. The highest BCUT2D eigenvalue weighted by atomic mass is 35.5. The van der Waals surface area contributed by atoms with Crippen LogP contribution in [0.4, 0.5) is 4.39 Å². The van der Waals surface area contributed by atoms with Gasteiger partial charge in [0.05, 0.1) is 10.6 Å².